The fraction of sp³-hybridized carbons (Fsp3) is 0.348. The summed E-state index contributed by atoms with van der Waals surface area (Å²) in [6.45, 7) is 7.78. The smallest absolute Gasteiger partial charge is 0.234 e. The molecule has 0 radical (unpaired) electrons. The van der Waals surface area contributed by atoms with E-state index in [0.717, 1.165) is 16.8 Å². The number of hydrogen-bond acceptors (Lipinski definition) is 4. The normalized spacial score (nSPS) is 11.6. The molecule has 0 fully saturated rings. The Labute approximate surface area is 182 Å². The fourth-order valence-electron chi connectivity index (χ4n) is 2.49. The molecule has 0 aromatic heterocycles. The number of thioether (sulfide) groups is 1. The molecule has 0 saturated carbocycles. The van der Waals surface area contributed by atoms with Crippen LogP contribution in [0.1, 0.15) is 31.9 Å². The third-order valence-corrected chi connectivity index (χ3v) is 5.50. The number of carbonyl (C=O) groups excluding carboxylic acids is 3. The molecule has 2 rings (SSSR count). The van der Waals surface area contributed by atoms with Crippen LogP contribution in [-0.2, 0) is 20.9 Å². The lowest BCUT2D eigenvalue weighted by Crippen LogP contribution is -2.31. The zero-order valence-electron chi connectivity index (χ0n) is 17.8. The number of aryl methyl sites for hydroxylation is 1. The van der Waals surface area contributed by atoms with Crippen LogP contribution in [0.25, 0.3) is 0 Å². The summed E-state index contributed by atoms with van der Waals surface area (Å²) >= 11 is 1.28. The lowest BCUT2D eigenvalue weighted by Gasteiger charge is -2.13. The van der Waals surface area contributed by atoms with Crippen LogP contribution in [0, 0.1) is 12.8 Å². The van der Waals surface area contributed by atoms with Crippen LogP contribution in [0.15, 0.2) is 48.5 Å². The molecular weight excluding hydrogens is 398 g/mol. The van der Waals surface area contributed by atoms with E-state index >= 15 is 0 Å². The van der Waals surface area contributed by atoms with Gasteiger partial charge in [0, 0.05) is 23.8 Å². The summed E-state index contributed by atoms with van der Waals surface area (Å²) in [6, 6.07) is 15.0. The number of rotatable bonds is 9. The van der Waals surface area contributed by atoms with Crippen LogP contribution in [0.3, 0.4) is 0 Å². The fourth-order valence-corrected chi connectivity index (χ4v) is 3.20. The summed E-state index contributed by atoms with van der Waals surface area (Å²) in [4.78, 5) is 36.2. The Hall–Kier alpha value is -2.80. The Balaban J connectivity index is 1.77. The maximum Gasteiger partial charge on any atom is 0.234 e. The SMILES string of the molecule is Cc1ccc(NC(=O)CSC(C)C(=O)NCc2cccc(NC(=O)C(C)C)c2)cc1. The Morgan fingerprint density at radius 3 is 2.27 bits per heavy atom. The molecule has 1 unspecified atom stereocenters. The van der Waals surface area contributed by atoms with Crippen molar-refractivity contribution in [2.75, 3.05) is 16.4 Å². The van der Waals surface area contributed by atoms with Crippen LogP contribution >= 0.6 is 11.8 Å². The van der Waals surface area contributed by atoms with Gasteiger partial charge < -0.3 is 16.0 Å². The number of hydrogen-bond donors (Lipinski definition) is 3. The largest absolute Gasteiger partial charge is 0.351 e. The summed E-state index contributed by atoms with van der Waals surface area (Å²) in [5, 5.41) is 8.19. The first kappa shape index (κ1) is 23.5. The van der Waals surface area contributed by atoms with Crippen LogP contribution in [0.5, 0.6) is 0 Å². The van der Waals surface area contributed by atoms with Crippen molar-refractivity contribution in [2.45, 2.75) is 39.5 Å². The topological polar surface area (TPSA) is 87.3 Å². The summed E-state index contributed by atoms with van der Waals surface area (Å²) < 4.78 is 0. The van der Waals surface area contributed by atoms with Gasteiger partial charge >= 0.3 is 0 Å². The molecule has 6 nitrogen and oxygen atoms in total. The third-order valence-electron chi connectivity index (χ3n) is 4.35. The number of amides is 3. The van der Waals surface area contributed by atoms with Crippen molar-refractivity contribution in [1.29, 1.82) is 0 Å². The van der Waals surface area contributed by atoms with Gasteiger partial charge in [0.1, 0.15) is 0 Å². The average Bonchev–Trinajstić information content (AvgIpc) is 2.72. The standard InChI is InChI=1S/C23H29N3O3S/c1-15(2)22(28)26-20-7-5-6-18(12-20)13-24-23(29)17(4)30-14-21(27)25-19-10-8-16(3)9-11-19/h5-12,15,17H,13-14H2,1-4H3,(H,24,29)(H,25,27)(H,26,28). The van der Waals surface area contributed by atoms with Gasteiger partial charge in [0.25, 0.3) is 0 Å². The maximum atomic E-state index is 12.3. The van der Waals surface area contributed by atoms with Gasteiger partial charge in [-0.3, -0.25) is 14.4 Å². The molecule has 0 aliphatic heterocycles. The highest BCUT2D eigenvalue weighted by Crippen LogP contribution is 2.15. The molecule has 0 aliphatic carbocycles. The lowest BCUT2D eigenvalue weighted by molar-refractivity contribution is -0.120. The molecule has 160 valence electrons. The zero-order chi connectivity index (χ0) is 22.1. The van der Waals surface area contributed by atoms with Crippen molar-refractivity contribution < 1.29 is 14.4 Å². The van der Waals surface area contributed by atoms with E-state index in [-0.39, 0.29) is 34.6 Å². The van der Waals surface area contributed by atoms with Gasteiger partial charge in [-0.1, -0.05) is 43.7 Å². The van der Waals surface area contributed by atoms with Gasteiger partial charge in [-0.25, -0.2) is 0 Å². The molecule has 3 amide bonds. The number of anilines is 2. The van der Waals surface area contributed by atoms with Crippen molar-refractivity contribution in [3.05, 3.63) is 59.7 Å². The van der Waals surface area contributed by atoms with Crippen LogP contribution in [-0.4, -0.2) is 28.7 Å². The molecule has 1 atom stereocenters. The second-order valence-electron chi connectivity index (χ2n) is 7.43. The molecule has 2 aromatic rings. The first-order chi connectivity index (χ1) is 14.2. The highest BCUT2D eigenvalue weighted by atomic mass is 32.2. The second-order valence-corrected chi connectivity index (χ2v) is 8.76. The Morgan fingerprint density at radius 1 is 0.900 bits per heavy atom. The molecular formula is C23H29N3O3S. The van der Waals surface area contributed by atoms with Crippen LogP contribution in [0.4, 0.5) is 11.4 Å². The van der Waals surface area contributed by atoms with Gasteiger partial charge in [-0.05, 0) is 43.7 Å². The first-order valence-electron chi connectivity index (χ1n) is 9.90. The highest BCUT2D eigenvalue weighted by Gasteiger charge is 2.15. The van der Waals surface area contributed by atoms with Gasteiger partial charge in [0.2, 0.25) is 17.7 Å². The van der Waals surface area contributed by atoms with Crippen molar-refractivity contribution in [2.24, 2.45) is 5.92 Å². The minimum absolute atomic E-state index is 0.0508. The van der Waals surface area contributed by atoms with Gasteiger partial charge in [0.15, 0.2) is 0 Å². The van der Waals surface area contributed by atoms with Crippen molar-refractivity contribution in [3.8, 4) is 0 Å². The van der Waals surface area contributed by atoms with E-state index in [0.29, 0.717) is 12.2 Å². The van der Waals surface area contributed by atoms with Crippen molar-refractivity contribution >= 4 is 40.9 Å². The summed E-state index contributed by atoms with van der Waals surface area (Å²) in [6.07, 6.45) is 0. The zero-order valence-corrected chi connectivity index (χ0v) is 18.6. The summed E-state index contributed by atoms with van der Waals surface area (Å²) in [7, 11) is 0. The Kier molecular flexibility index (Phi) is 8.92. The number of carbonyl (C=O) groups is 3. The molecule has 0 aliphatic rings. The molecule has 2 aromatic carbocycles. The van der Waals surface area contributed by atoms with Gasteiger partial charge in [-0.15, -0.1) is 11.8 Å². The molecule has 0 heterocycles. The van der Waals surface area contributed by atoms with Crippen LogP contribution in [0.2, 0.25) is 0 Å². The van der Waals surface area contributed by atoms with E-state index in [1.165, 1.54) is 11.8 Å². The molecule has 0 spiro atoms. The Bertz CT molecular complexity index is 882. The Morgan fingerprint density at radius 2 is 1.60 bits per heavy atom. The first-order valence-corrected chi connectivity index (χ1v) is 10.9. The van der Waals surface area contributed by atoms with E-state index in [4.69, 9.17) is 0 Å². The lowest BCUT2D eigenvalue weighted by atomic mass is 10.1. The molecule has 7 heteroatoms. The third kappa shape index (κ3) is 7.91. The number of nitrogens with one attached hydrogen (secondary N) is 3. The summed E-state index contributed by atoms with van der Waals surface area (Å²) in [5.41, 5.74) is 3.46. The number of benzene rings is 2. The summed E-state index contributed by atoms with van der Waals surface area (Å²) in [5.74, 6) is -0.240. The highest BCUT2D eigenvalue weighted by molar-refractivity contribution is 8.01. The van der Waals surface area contributed by atoms with Crippen molar-refractivity contribution in [1.82, 2.24) is 5.32 Å². The van der Waals surface area contributed by atoms with E-state index in [1.54, 1.807) is 6.92 Å². The van der Waals surface area contributed by atoms with E-state index in [1.807, 2.05) is 69.3 Å². The van der Waals surface area contributed by atoms with Crippen molar-refractivity contribution in [3.63, 3.8) is 0 Å². The average molecular weight is 428 g/mol. The van der Waals surface area contributed by atoms with E-state index < -0.39 is 0 Å². The quantitative estimate of drug-likeness (QED) is 0.565. The predicted octanol–water partition coefficient (Wildman–Crippen LogP) is 3.97. The monoisotopic (exact) mass is 427 g/mol. The van der Waals surface area contributed by atoms with Gasteiger partial charge in [-0.2, -0.15) is 0 Å². The molecule has 0 saturated heterocycles. The minimum atomic E-state index is -0.363. The van der Waals surface area contributed by atoms with Gasteiger partial charge in [0.05, 0.1) is 11.0 Å². The molecule has 30 heavy (non-hydrogen) atoms. The van der Waals surface area contributed by atoms with E-state index in [9.17, 15) is 14.4 Å². The molecule has 0 bridgehead atoms. The maximum absolute atomic E-state index is 12.3. The molecule has 3 N–H and O–H groups in total. The van der Waals surface area contributed by atoms with E-state index in [2.05, 4.69) is 16.0 Å². The second kappa shape index (κ2) is 11.4. The predicted molar refractivity (Wildman–Crippen MR) is 123 cm³/mol. The minimum Gasteiger partial charge on any atom is -0.351 e. The van der Waals surface area contributed by atoms with Crippen LogP contribution < -0.4 is 16.0 Å².